The Balaban J connectivity index is 1.79. The summed E-state index contributed by atoms with van der Waals surface area (Å²) in [5, 5.41) is 41.0. The van der Waals surface area contributed by atoms with Gasteiger partial charge < -0.3 is 25.4 Å². The number of halogens is 1. The fourth-order valence-corrected chi connectivity index (χ4v) is 5.00. The van der Waals surface area contributed by atoms with Crippen LogP contribution in [0.1, 0.15) is 5.56 Å². The van der Waals surface area contributed by atoms with Crippen molar-refractivity contribution in [1.82, 2.24) is 10.3 Å². The molecule has 3 rings (SSSR count). The summed E-state index contributed by atoms with van der Waals surface area (Å²) in [7, 11) is 0. The van der Waals surface area contributed by atoms with Crippen molar-refractivity contribution in [3.8, 4) is 0 Å². The number of pyridine rings is 1. The van der Waals surface area contributed by atoms with E-state index in [2.05, 4.69) is 31.3 Å². The smallest absolute Gasteiger partial charge is 0.136 e. The molecule has 0 amide bonds. The summed E-state index contributed by atoms with van der Waals surface area (Å²) in [6, 6.07) is 2.84. The van der Waals surface area contributed by atoms with Gasteiger partial charge in [0.25, 0.3) is 0 Å². The SMILES string of the molecule is N=N/C(=C\NC1C(O)[C@@H](Sc2cncc(Br)c2)OC(CO)[C@@H]1O)c1ccsc1. The molecule has 1 aliphatic rings. The van der Waals surface area contributed by atoms with Crippen molar-refractivity contribution in [2.45, 2.75) is 34.7 Å². The lowest BCUT2D eigenvalue weighted by molar-refractivity contribution is -0.164. The molecule has 1 aliphatic heterocycles. The standard InChI is InChI=1S/C17H19BrN4O4S2/c18-10-3-11(5-20-4-10)28-17-16(25)14(15(24)13(7-23)26-17)21-6-12(22-19)9-1-2-27-8-9/h1-6,8,13-17,19,21,23-25H,7H2/b12-6-,22-19?/t13?,14?,15-,16?,17+/m0/s1. The zero-order valence-corrected chi connectivity index (χ0v) is 17.7. The number of nitrogens with zero attached hydrogens (tertiary/aromatic N) is 2. The van der Waals surface area contributed by atoms with Crippen molar-refractivity contribution < 1.29 is 20.1 Å². The molecule has 0 bridgehead atoms. The highest BCUT2D eigenvalue weighted by Gasteiger charge is 2.44. The lowest BCUT2D eigenvalue weighted by Crippen LogP contribution is -2.61. The van der Waals surface area contributed by atoms with E-state index in [4.69, 9.17) is 10.3 Å². The van der Waals surface area contributed by atoms with Crippen molar-refractivity contribution in [2.75, 3.05) is 6.61 Å². The van der Waals surface area contributed by atoms with E-state index < -0.39 is 36.4 Å². The van der Waals surface area contributed by atoms with E-state index in [9.17, 15) is 15.3 Å². The first-order chi connectivity index (χ1) is 13.5. The van der Waals surface area contributed by atoms with Crippen LogP contribution in [0.3, 0.4) is 0 Å². The minimum absolute atomic E-state index is 0.369. The number of ether oxygens (including phenoxy) is 1. The second kappa shape index (κ2) is 9.92. The average Bonchev–Trinajstić information content (AvgIpc) is 3.21. The van der Waals surface area contributed by atoms with E-state index in [-0.39, 0.29) is 0 Å². The number of aromatic nitrogens is 1. The highest BCUT2D eigenvalue weighted by molar-refractivity contribution is 9.10. The summed E-state index contributed by atoms with van der Waals surface area (Å²) >= 11 is 6.07. The minimum Gasteiger partial charge on any atom is -0.394 e. The third kappa shape index (κ3) is 4.98. The topological polar surface area (TPSA) is 131 Å². The number of hydrogen-bond acceptors (Lipinski definition) is 10. The van der Waals surface area contributed by atoms with Gasteiger partial charge in [-0.3, -0.25) is 4.98 Å². The molecule has 2 aromatic heterocycles. The summed E-state index contributed by atoms with van der Waals surface area (Å²) in [5.41, 5.74) is 7.74. The number of rotatable bonds is 7. The summed E-state index contributed by atoms with van der Waals surface area (Å²) in [5.74, 6) is 0. The van der Waals surface area contributed by atoms with Crippen LogP contribution in [0.25, 0.3) is 5.70 Å². The lowest BCUT2D eigenvalue weighted by atomic mass is 9.97. The summed E-state index contributed by atoms with van der Waals surface area (Å²) in [4.78, 5) is 4.85. The Morgan fingerprint density at radius 3 is 2.89 bits per heavy atom. The molecule has 11 heteroatoms. The second-order valence-electron chi connectivity index (χ2n) is 6.01. The molecule has 0 aliphatic carbocycles. The number of aliphatic hydroxyl groups is 3. The van der Waals surface area contributed by atoms with Gasteiger partial charge in [-0.1, -0.05) is 11.8 Å². The molecule has 3 unspecified atom stereocenters. The lowest BCUT2D eigenvalue weighted by Gasteiger charge is -2.42. The third-order valence-electron chi connectivity index (χ3n) is 4.17. The highest BCUT2D eigenvalue weighted by atomic mass is 79.9. The van der Waals surface area contributed by atoms with Gasteiger partial charge in [0.15, 0.2) is 0 Å². The second-order valence-corrected chi connectivity index (χ2v) is 8.88. The molecule has 1 fully saturated rings. The molecule has 0 saturated carbocycles. The summed E-state index contributed by atoms with van der Waals surface area (Å²) in [6.07, 6.45) is 1.66. The molecule has 28 heavy (non-hydrogen) atoms. The molecule has 3 heterocycles. The maximum Gasteiger partial charge on any atom is 0.136 e. The van der Waals surface area contributed by atoms with Gasteiger partial charge in [-0.15, -0.1) is 0 Å². The van der Waals surface area contributed by atoms with Crippen LogP contribution in [0.15, 0.2) is 56.0 Å². The van der Waals surface area contributed by atoms with E-state index in [1.54, 1.807) is 12.4 Å². The maximum atomic E-state index is 10.8. The molecule has 8 nitrogen and oxygen atoms in total. The molecule has 1 saturated heterocycles. The Kier molecular flexibility index (Phi) is 7.57. The van der Waals surface area contributed by atoms with Crippen LogP contribution in [0, 0.1) is 5.53 Å². The molecule has 150 valence electrons. The van der Waals surface area contributed by atoms with Crippen LogP contribution < -0.4 is 5.32 Å². The summed E-state index contributed by atoms with van der Waals surface area (Å²) in [6.45, 7) is -0.399. The van der Waals surface area contributed by atoms with E-state index >= 15 is 0 Å². The third-order valence-corrected chi connectivity index (χ3v) is 6.40. The first kappa shape index (κ1) is 21.4. The van der Waals surface area contributed by atoms with Crippen LogP contribution in [-0.2, 0) is 4.74 Å². The average molecular weight is 487 g/mol. The molecule has 5 atom stereocenters. The van der Waals surface area contributed by atoms with Gasteiger partial charge in [-0.2, -0.15) is 16.5 Å². The zero-order chi connectivity index (χ0) is 20.1. The Morgan fingerprint density at radius 1 is 1.43 bits per heavy atom. The maximum absolute atomic E-state index is 10.8. The molecule has 0 aromatic carbocycles. The fourth-order valence-electron chi connectivity index (χ4n) is 2.74. The van der Waals surface area contributed by atoms with Crippen molar-refractivity contribution in [3.63, 3.8) is 0 Å². The quantitative estimate of drug-likeness (QED) is 0.379. The molecule has 2 aromatic rings. The Labute approximate surface area is 178 Å². The number of nitrogens with one attached hydrogen (secondary N) is 2. The van der Waals surface area contributed by atoms with Gasteiger partial charge in [0, 0.05) is 38.9 Å². The molecular weight excluding hydrogens is 468 g/mol. The first-order valence-electron chi connectivity index (χ1n) is 8.29. The Morgan fingerprint density at radius 2 is 2.25 bits per heavy atom. The van der Waals surface area contributed by atoms with E-state index in [0.29, 0.717) is 5.70 Å². The Hall–Kier alpha value is -1.34. The van der Waals surface area contributed by atoms with E-state index in [0.717, 1.165) is 14.9 Å². The molecule has 0 spiro atoms. The molecule has 0 radical (unpaired) electrons. The predicted octanol–water partition coefficient (Wildman–Crippen LogP) is 2.42. The normalized spacial score (nSPS) is 28.1. The van der Waals surface area contributed by atoms with E-state index in [1.165, 1.54) is 29.3 Å². The monoisotopic (exact) mass is 486 g/mol. The molecule has 5 N–H and O–H groups in total. The van der Waals surface area contributed by atoms with Gasteiger partial charge in [-0.05, 0) is 33.4 Å². The van der Waals surface area contributed by atoms with Crippen molar-refractivity contribution in [2.24, 2.45) is 5.11 Å². The first-order valence-corrected chi connectivity index (χ1v) is 10.9. The van der Waals surface area contributed by atoms with E-state index in [1.807, 2.05) is 22.9 Å². The number of thioether (sulfide) groups is 1. The van der Waals surface area contributed by atoms with Crippen molar-refractivity contribution in [1.29, 1.82) is 5.53 Å². The number of thiophene rings is 1. The largest absolute Gasteiger partial charge is 0.394 e. The Bertz CT molecular complexity index is 823. The van der Waals surface area contributed by atoms with Gasteiger partial charge in [-0.25, -0.2) is 5.53 Å². The van der Waals surface area contributed by atoms with Gasteiger partial charge in [0.05, 0.1) is 12.6 Å². The van der Waals surface area contributed by atoms with Crippen molar-refractivity contribution in [3.05, 3.63) is 51.5 Å². The summed E-state index contributed by atoms with van der Waals surface area (Å²) < 4.78 is 6.48. The van der Waals surface area contributed by atoms with Crippen LogP contribution in [0.4, 0.5) is 0 Å². The van der Waals surface area contributed by atoms with Crippen LogP contribution in [-0.4, -0.2) is 56.7 Å². The van der Waals surface area contributed by atoms with Crippen molar-refractivity contribution >= 4 is 44.7 Å². The zero-order valence-electron chi connectivity index (χ0n) is 14.5. The van der Waals surface area contributed by atoms with Gasteiger partial charge >= 0.3 is 0 Å². The van der Waals surface area contributed by atoms with Gasteiger partial charge in [0.1, 0.15) is 29.4 Å². The fraction of sp³-hybridized carbons (Fsp3) is 0.353. The minimum atomic E-state index is -1.15. The highest BCUT2D eigenvalue weighted by Crippen LogP contribution is 2.34. The molecular formula is C17H19BrN4O4S2. The van der Waals surface area contributed by atoms with Crippen LogP contribution >= 0.6 is 39.0 Å². The van der Waals surface area contributed by atoms with Crippen LogP contribution in [0.2, 0.25) is 0 Å². The predicted molar refractivity (Wildman–Crippen MR) is 110 cm³/mol. The van der Waals surface area contributed by atoms with Crippen LogP contribution in [0.5, 0.6) is 0 Å². The van der Waals surface area contributed by atoms with Gasteiger partial charge in [0.2, 0.25) is 0 Å². The number of aliphatic hydroxyl groups excluding tert-OH is 3. The number of hydrogen-bond donors (Lipinski definition) is 5.